The van der Waals surface area contributed by atoms with Crippen LogP contribution >= 0.6 is 11.6 Å². The maximum Gasteiger partial charge on any atom is 0.320 e. The van der Waals surface area contributed by atoms with Crippen LogP contribution in [0, 0.1) is 0 Å². The van der Waals surface area contributed by atoms with Gasteiger partial charge in [0.25, 0.3) is 0 Å². The zero-order chi connectivity index (χ0) is 14.5. The first kappa shape index (κ1) is 14.9. The Kier molecular flexibility index (Phi) is 5.09. The van der Waals surface area contributed by atoms with Crippen molar-refractivity contribution in [2.45, 2.75) is 20.4 Å². The van der Waals surface area contributed by atoms with Gasteiger partial charge in [0.1, 0.15) is 0 Å². The van der Waals surface area contributed by atoms with Crippen molar-refractivity contribution in [2.75, 3.05) is 26.5 Å². The Morgan fingerprint density at radius 1 is 1.40 bits per heavy atom. The average molecular weight is 300 g/mol. The summed E-state index contributed by atoms with van der Waals surface area (Å²) < 4.78 is 15.6. The molecule has 0 saturated heterocycles. The van der Waals surface area contributed by atoms with Crippen LogP contribution < -0.4 is 9.47 Å². The molecule has 0 unspecified atom stereocenters. The van der Waals surface area contributed by atoms with E-state index in [2.05, 4.69) is 0 Å². The number of fused-ring (bicyclic) bond motifs is 1. The van der Waals surface area contributed by atoms with Crippen molar-refractivity contribution in [3.8, 4) is 11.5 Å². The summed E-state index contributed by atoms with van der Waals surface area (Å²) in [6.45, 7) is 5.98. The van der Waals surface area contributed by atoms with Gasteiger partial charge < -0.3 is 14.2 Å². The number of carbonyl (C=O) groups is 1. The van der Waals surface area contributed by atoms with Gasteiger partial charge in [0.15, 0.2) is 11.5 Å². The van der Waals surface area contributed by atoms with Crippen LogP contribution in [0.3, 0.4) is 0 Å². The molecule has 1 aliphatic rings. The average Bonchev–Trinajstić information content (AvgIpc) is 2.87. The minimum absolute atomic E-state index is 0.193. The molecule has 0 radical (unpaired) electrons. The molecule has 6 heteroatoms. The zero-order valence-corrected chi connectivity index (χ0v) is 12.4. The van der Waals surface area contributed by atoms with Gasteiger partial charge in [-0.2, -0.15) is 0 Å². The highest BCUT2D eigenvalue weighted by Gasteiger charge is 2.19. The van der Waals surface area contributed by atoms with Crippen molar-refractivity contribution in [3.05, 3.63) is 22.7 Å². The van der Waals surface area contributed by atoms with Gasteiger partial charge in [-0.3, -0.25) is 9.69 Å². The van der Waals surface area contributed by atoms with Gasteiger partial charge in [0.05, 0.1) is 18.2 Å². The van der Waals surface area contributed by atoms with Gasteiger partial charge in [0.2, 0.25) is 6.79 Å². The third kappa shape index (κ3) is 3.55. The molecule has 0 amide bonds. The molecule has 1 aromatic rings. The second-order valence-corrected chi connectivity index (χ2v) is 4.83. The van der Waals surface area contributed by atoms with E-state index in [1.54, 1.807) is 6.92 Å². The van der Waals surface area contributed by atoms with Gasteiger partial charge in [-0.15, -0.1) is 0 Å². The number of likely N-dealkylation sites (N-methyl/N-ethyl adjacent to an activating group) is 1. The molecule has 0 spiro atoms. The van der Waals surface area contributed by atoms with Crippen LogP contribution in [0.15, 0.2) is 12.1 Å². The number of rotatable bonds is 6. The maximum absolute atomic E-state index is 11.5. The first-order chi connectivity index (χ1) is 9.63. The van der Waals surface area contributed by atoms with E-state index in [1.165, 1.54) is 0 Å². The minimum atomic E-state index is -0.221. The van der Waals surface area contributed by atoms with Gasteiger partial charge >= 0.3 is 5.97 Å². The van der Waals surface area contributed by atoms with Crippen molar-refractivity contribution in [1.82, 2.24) is 4.90 Å². The lowest BCUT2D eigenvalue weighted by atomic mass is 10.2. The first-order valence-corrected chi connectivity index (χ1v) is 6.97. The lowest BCUT2D eigenvalue weighted by Crippen LogP contribution is -2.30. The maximum atomic E-state index is 11.5. The van der Waals surface area contributed by atoms with Crippen molar-refractivity contribution in [3.63, 3.8) is 0 Å². The summed E-state index contributed by atoms with van der Waals surface area (Å²) in [6, 6.07) is 3.73. The highest BCUT2D eigenvalue weighted by atomic mass is 35.5. The second kappa shape index (κ2) is 6.81. The molecule has 0 atom stereocenters. The lowest BCUT2D eigenvalue weighted by molar-refractivity contribution is -0.144. The number of ether oxygens (including phenoxy) is 3. The molecule has 0 aliphatic carbocycles. The van der Waals surface area contributed by atoms with E-state index in [0.29, 0.717) is 29.7 Å². The van der Waals surface area contributed by atoms with E-state index >= 15 is 0 Å². The zero-order valence-electron chi connectivity index (χ0n) is 11.6. The fourth-order valence-corrected chi connectivity index (χ4v) is 2.33. The number of halogens is 1. The fraction of sp³-hybridized carbons (Fsp3) is 0.500. The van der Waals surface area contributed by atoms with E-state index in [4.69, 9.17) is 25.8 Å². The second-order valence-electron chi connectivity index (χ2n) is 4.42. The Balaban J connectivity index is 2.04. The van der Waals surface area contributed by atoms with E-state index in [-0.39, 0.29) is 19.3 Å². The normalized spacial score (nSPS) is 12.8. The highest BCUT2D eigenvalue weighted by Crippen LogP contribution is 2.39. The SMILES string of the molecule is CCOC(=O)CN(CC)Cc1cc(Cl)c2c(c1)OCO2. The van der Waals surface area contributed by atoms with Crippen LogP contribution in [-0.4, -0.2) is 37.4 Å². The Bertz CT molecular complexity index is 492. The Hall–Kier alpha value is -1.46. The quantitative estimate of drug-likeness (QED) is 0.755. The van der Waals surface area contributed by atoms with Gasteiger partial charge in [-0.1, -0.05) is 18.5 Å². The molecule has 2 rings (SSSR count). The predicted octanol–water partition coefficient (Wildman–Crippen LogP) is 2.45. The molecule has 0 fully saturated rings. The standard InChI is InChI=1S/C14H18ClNO4/c1-3-16(8-13(17)18-4-2)7-10-5-11(15)14-12(6-10)19-9-20-14/h5-6H,3-4,7-9H2,1-2H3. The van der Waals surface area contributed by atoms with Gasteiger partial charge in [-0.05, 0) is 31.2 Å². The van der Waals surface area contributed by atoms with Crippen LogP contribution in [0.4, 0.5) is 0 Å². The summed E-state index contributed by atoms with van der Waals surface area (Å²) in [7, 11) is 0. The number of nitrogens with zero attached hydrogens (tertiary/aromatic N) is 1. The van der Waals surface area contributed by atoms with Crippen molar-refractivity contribution < 1.29 is 19.0 Å². The largest absolute Gasteiger partial charge is 0.465 e. The third-order valence-electron chi connectivity index (χ3n) is 3.00. The van der Waals surface area contributed by atoms with Crippen molar-refractivity contribution in [2.24, 2.45) is 0 Å². The summed E-state index contributed by atoms with van der Waals surface area (Å²) in [5, 5.41) is 0.530. The van der Waals surface area contributed by atoms with Crippen LogP contribution in [-0.2, 0) is 16.1 Å². The number of hydrogen-bond acceptors (Lipinski definition) is 5. The molecule has 0 saturated carbocycles. The minimum Gasteiger partial charge on any atom is -0.465 e. The molecule has 0 aromatic heterocycles. The Morgan fingerprint density at radius 3 is 2.90 bits per heavy atom. The summed E-state index contributed by atoms with van der Waals surface area (Å²) in [5.41, 5.74) is 0.977. The predicted molar refractivity (Wildman–Crippen MR) is 75.2 cm³/mol. The molecule has 1 aliphatic heterocycles. The molecule has 1 heterocycles. The Labute approximate surface area is 123 Å². The lowest BCUT2D eigenvalue weighted by Gasteiger charge is -2.19. The molecule has 0 N–H and O–H groups in total. The van der Waals surface area contributed by atoms with Gasteiger partial charge in [0, 0.05) is 6.54 Å². The molecule has 5 nitrogen and oxygen atoms in total. The van der Waals surface area contributed by atoms with E-state index in [1.807, 2.05) is 24.0 Å². The van der Waals surface area contributed by atoms with E-state index in [9.17, 15) is 4.79 Å². The van der Waals surface area contributed by atoms with Crippen LogP contribution in [0.2, 0.25) is 5.02 Å². The van der Waals surface area contributed by atoms with Crippen LogP contribution in [0.25, 0.3) is 0 Å². The monoisotopic (exact) mass is 299 g/mol. The molecule has 20 heavy (non-hydrogen) atoms. The summed E-state index contributed by atoms with van der Waals surface area (Å²) >= 11 is 6.14. The number of hydrogen-bond donors (Lipinski definition) is 0. The number of benzene rings is 1. The summed E-state index contributed by atoms with van der Waals surface area (Å²) in [4.78, 5) is 13.5. The van der Waals surface area contributed by atoms with Gasteiger partial charge in [-0.25, -0.2) is 0 Å². The topological polar surface area (TPSA) is 48.0 Å². The molecule has 1 aromatic carbocycles. The van der Waals surface area contributed by atoms with Crippen LogP contribution in [0.5, 0.6) is 11.5 Å². The van der Waals surface area contributed by atoms with Crippen molar-refractivity contribution in [1.29, 1.82) is 0 Å². The van der Waals surface area contributed by atoms with Crippen molar-refractivity contribution >= 4 is 17.6 Å². The van der Waals surface area contributed by atoms with Crippen LogP contribution in [0.1, 0.15) is 19.4 Å². The number of carbonyl (C=O) groups excluding carboxylic acids is 1. The summed E-state index contributed by atoms with van der Waals surface area (Å²) in [6.07, 6.45) is 0. The Morgan fingerprint density at radius 2 is 2.20 bits per heavy atom. The molecule has 110 valence electrons. The molecule has 0 bridgehead atoms. The molecular weight excluding hydrogens is 282 g/mol. The number of esters is 1. The smallest absolute Gasteiger partial charge is 0.320 e. The highest BCUT2D eigenvalue weighted by molar-refractivity contribution is 6.32. The summed E-state index contributed by atoms with van der Waals surface area (Å²) in [5.74, 6) is 1.02. The first-order valence-electron chi connectivity index (χ1n) is 6.60. The fourth-order valence-electron chi connectivity index (χ4n) is 2.04. The third-order valence-corrected chi connectivity index (χ3v) is 3.28. The van der Waals surface area contributed by atoms with E-state index in [0.717, 1.165) is 12.1 Å². The van der Waals surface area contributed by atoms with E-state index < -0.39 is 0 Å². The molecular formula is C14H18ClNO4.